The Morgan fingerprint density at radius 1 is 1.42 bits per heavy atom. The van der Waals surface area contributed by atoms with Crippen LogP contribution in [-0.4, -0.2) is 11.0 Å². The molecular formula is C10H16N2. The maximum absolute atomic E-state index is 4.29. The minimum absolute atomic E-state index is 0.472. The van der Waals surface area contributed by atoms with Gasteiger partial charge in [-0.1, -0.05) is 6.92 Å². The number of rotatable bonds is 3. The molecule has 12 heavy (non-hydrogen) atoms. The van der Waals surface area contributed by atoms with Crippen LogP contribution in [0.4, 0.5) is 5.69 Å². The van der Waals surface area contributed by atoms with Gasteiger partial charge in [0.15, 0.2) is 0 Å². The van der Waals surface area contributed by atoms with Gasteiger partial charge in [0, 0.05) is 11.7 Å². The SMILES string of the molecule is CCc1ccc(NC(C)C)cn1. The van der Waals surface area contributed by atoms with E-state index in [0.29, 0.717) is 6.04 Å². The Morgan fingerprint density at radius 2 is 2.17 bits per heavy atom. The summed E-state index contributed by atoms with van der Waals surface area (Å²) in [4.78, 5) is 4.29. The van der Waals surface area contributed by atoms with Crippen LogP contribution in [-0.2, 0) is 6.42 Å². The molecule has 2 heteroatoms. The number of anilines is 1. The minimum Gasteiger partial charge on any atom is -0.382 e. The maximum atomic E-state index is 4.29. The van der Waals surface area contributed by atoms with Crippen LogP contribution in [0.15, 0.2) is 18.3 Å². The summed E-state index contributed by atoms with van der Waals surface area (Å²) in [5, 5.41) is 3.29. The molecule has 1 N–H and O–H groups in total. The van der Waals surface area contributed by atoms with Gasteiger partial charge in [-0.3, -0.25) is 4.98 Å². The van der Waals surface area contributed by atoms with Gasteiger partial charge in [-0.05, 0) is 32.4 Å². The Labute approximate surface area is 74.0 Å². The van der Waals surface area contributed by atoms with Crippen LogP contribution in [0.5, 0.6) is 0 Å². The highest BCUT2D eigenvalue weighted by Gasteiger charge is 1.95. The van der Waals surface area contributed by atoms with Crippen LogP contribution >= 0.6 is 0 Å². The molecule has 0 aliphatic heterocycles. The standard InChI is InChI=1S/C10H16N2/c1-4-9-5-6-10(7-11-9)12-8(2)3/h5-8,12H,4H2,1-3H3. The van der Waals surface area contributed by atoms with E-state index >= 15 is 0 Å². The third-order valence-corrected chi connectivity index (χ3v) is 1.64. The van der Waals surface area contributed by atoms with Crippen molar-refractivity contribution in [1.82, 2.24) is 4.98 Å². The van der Waals surface area contributed by atoms with Crippen molar-refractivity contribution in [2.24, 2.45) is 0 Å². The fourth-order valence-corrected chi connectivity index (χ4v) is 1.05. The second-order valence-corrected chi connectivity index (χ2v) is 3.19. The lowest BCUT2D eigenvalue weighted by molar-refractivity contribution is 0.895. The van der Waals surface area contributed by atoms with Crippen molar-refractivity contribution in [1.29, 1.82) is 0 Å². The molecule has 0 atom stereocenters. The first kappa shape index (κ1) is 9.04. The van der Waals surface area contributed by atoms with Crippen molar-refractivity contribution in [3.05, 3.63) is 24.0 Å². The van der Waals surface area contributed by atoms with E-state index in [-0.39, 0.29) is 0 Å². The average molecular weight is 164 g/mol. The Bertz CT molecular complexity index is 226. The van der Waals surface area contributed by atoms with Crippen molar-refractivity contribution < 1.29 is 0 Å². The van der Waals surface area contributed by atoms with Crippen LogP contribution in [0, 0.1) is 0 Å². The Balaban J connectivity index is 2.65. The average Bonchev–Trinajstić information content (AvgIpc) is 2.05. The first-order valence-corrected chi connectivity index (χ1v) is 4.44. The number of hydrogen-bond donors (Lipinski definition) is 1. The third-order valence-electron chi connectivity index (χ3n) is 1.64. The molecule has 1 aromatic heterocycles. The molecule has 0 saturated carbocycles. The molecule has 0 bridgehead atoms. The van der Waals surface area contributed by atoms with Crippen LogP contribution in [0.25, 0.3) is 0 Å². The van der Waals surface area contributed by atoms with Crippen molar-refractivity contribution in [2.45, 2.75) is 33.2 Å². The Hall–Kier alpha value is -1.05. The van der Waals surface area contributed by atoms with Gasteiger partial charge in [0.1, 0.15) is 0 Å². The Kier molecular flexibility index (Phi) is 3.09. The highest BCUT2D eigenvalue weighted by molar-refractivity contribution is 5.41. The summed E-state index contributed by atoms with van der Waals surface area (Å²) in [7, 11) is 0. The van der Waals surface area contributed by atoms with Gasteiger partial charge in [-0.2, -0.15) is 0 Å². The van der Waals surface area contributed by atoms with Crippen LogP contribution in [0.3, 0.4) is 0 Å². The molecule has 0 unspecified atom stereocenters. The number of hydrogen-bond acceptors (Lipinski definition) is 2. The van der Waals surface area contributed by atoms with Gasteiger partial charge in [-0.25, -0.2) is 0 Å². The second-order valence-electron chi connectivity index (χ2n) is 3.19. The minimum atomic E-state index is 0.472. The highest BCUT2D eigenvalue weighted by atomic mass is 14.9. The van der Waals surface area contributed by atoms with Gasteiger partial charge in [0.05, 0.1) is 11.9 Å². The summed E-state index contributed by atoms with van der Waals surface area (Å²) in [5.74, 6) is 0. The van der Waals surface area contributed by atoms with E-state index in [4.69, 9.17) is 0 Å². The summed E-state index contributed by atoms with van der Waals surface area (Å²) < 4.78 is 0. The first-order valence-electron chi connectivity index (χ1n) is 4.44. The Morgan fingerprint density at radius 3 is 2.58 bits per heavy atom. The molecular weight excluding hydrogens is 148 g/mol. The van der Waals surface area contributed by atoms with Gasteiger partial charge in [-0.15, -0.1) is 0 Å². The summed E-state index contributed by atoms with van der Waals surface area (Å²) >= 11 is 0. The van der Waals surface area contributed by atoms with E-state index < -0.39 is 0 Å². The van der Waals surface area contributed by atoms with Crippen molar-refractivity contribution in [3.8, 4) is 0 Å². The molecule has 1 aromatic rings. The summed E-state index contributed by atoms with van der Waals surface area (Å²) in [6.07, 6.45) is 2.89. The van der Waals surface area contributed by atoms with E-state index in [9.17, 15) is 0 Å². The molecule has 0 aliphatic carbocycles. The molecule has 66 valence electrons. The largest absolute Gasteiger partial charge is 0.382 e. The fourth-order valence-electron chi connectivity index (χ4n) is 1.05. The number of nitrogens with zero attached hydrogens (tertiary/aromatic N) is 1. The molecule has 0 radical (unpaired) electrons. The number of pyridine rings is 1. The first-order chi connectivity index (χ1) is 5.72. The van der Waals surface area contributed by atoms with E-state index in [1.54, 1.807) is 0 Å². The van der Waals surface area contributed by atoms with Gasteiger partial charge >= 0.3 is 0 Å². The van der Waals surface area contributed by atoms with Crippen LogP contribution < -0.4 is 5.32 Å². The number of nitrogens with one attached hydrogen (secondary N) is 1. The normalized spacial score (nSPS) is 10.3. The smallest absolute Gasteiger partial charge is 0.0528 e. The van der Waals surface area contributed by atoms with E-state index in [2.05, 4.69) is 43.2 Å². The molecule has 1 rings (SSSR count). The second kappa shape index (κ2) is 4.10. The van der Waals surface area contributed by atoms with E-state index in [1.165, 1.54) is 0 Å². The molecule has 0 aromatic carbocycles. The monoisotopic (exact) mass is 164 g/mol. The fraction of sp³-hybridized carbons (Fsp3) is 0.500. The predicted octanol–water partition coefficient (Wildman–Crippen LogP) is 2.46. The molecule has 1 heterocycles. The molecule has 0 aliphatic rings. The van der Waals surface area contributed by atoms with Crippen LogP contribution in [0.2, 0.25) is 0 Å². The molecule has 0 saturated heterocycles. The number of aryl methyl sites for hydroxylation is 1. The zero-order chi connectivity index (χ0) is 8.97. The van der Waals surface area contributed by atoms with Gasteiger partial charge in [0.2, 0.25) is 0 Å². The topological polar surface area (TPSA) is 24.9 Å². The van der Waals surface area contributed by atoms with E-state index in [1.807, 2.05) is 6.20 Å². The molecule has 0 fully saturated rings. The third kappa shape index (κ3) is 2.53. The molecule has 0 amide bonds. The van der Waals surface area contributed by atoms with Crippen molar-refractivity contribution >= 4 is 5.69 Å². The van der Waals surface area contributed by atoms with Crippen molar-refractivity contribution in [3.63, 3.8) is 0 Å². The van der Waals surface area contributed by atoms with Crippen molar-refractivity contribution in [2.75, 3.05) is 5.32 Å². The van der Waals surface area contributed by atoms with Gasteiger partial charge in [0.25, 0.3) is 0 Å². The zero-order valence-electron chi connectivity index (χ0n) is 7.96. The quantitative estimate of drug-likeness (QED) is 0.742. The number of aromatic nitrogens is 1. The molecule has 2 nitrogen and oxygen atoms in total. The summed E-state index contributed by atoms with van der Waals surface area (Å²) in [5.41, 5.74) is 2.24. The lowest BCUT2D eigenvalue weighted by Gasteiger charge is -2.09. The summed E-state index contributed by atoms with van der Waals surface area (Å²) in [6.45, 7) is 6.35. The highest BCUT2D eigenvalue weighted by Crippen LogP contribution is 2.07. The van der Waals surface area contributed by atoms with Gasteiger partial charge < -0.3 is 5.32 Å². The van der Waals surface area contributed by atoms with Crippen LogP contribution in [0.1, 0.15) is 26.5 Å². The maximum Gasteiger partial charge on any atom is 0.0528 e. The van der Waals surface area contributed by atoms with E-state index in [0.717, 1.165) is 17.8 Å². The lowest BCUT2D eigenvalue weighted by Crippen LogP contribution is -2.09. The zero-order valence-corrected chi connectivity index (χ0v) is 7.96. The lowest BCUT2D eigenvalue weighted by atomic mass is 10.2. The predicted molar refractivity (Wildman–Crippen MR) is 52.4 cm³/mol. The summed E-state index contributed by atoms with van der Waals surface area (Å²) in [6, 6.07) is 4.61. The molecule has 0 spiro atoms.